The molecule has 0 heterocycles. The second-order valence-corrected chi connectivity index (χ2v) is 2.65. The molecule has 1 aliphatic carbocycles. The summed E-state index contributed by atoms with van der Waals surface area (Å²) in [5.41, 5.74) is 0. The van der Waals surface area contributed by atoms with Gasteiger partial charge in [-0.1, -0.05) is 23.2 Å². The molecule has 0 amide bonds. The van der Waals surface area contributed by atoms with E-state index in [9.17, 15) is 13.2 Å². The van der Waals surface area contributed by atoms with Gasteiger partial charge in [0.15, 0.2) is 0 Å². The number of allylic oxidation sites excluding steroid dienone is 2. The molecule has 0 aromatic carbocycles. The fourth-order valence-electron chi connectivity index (χ4n) is 0.422. The summed E-state index contributed by atoms with van der Waals surface area (Å²) in [5, 5.41) is -3.90. The van der Waals surface area contributed by atoms with Crippen LogP contribution in [-0.2, 0) is 0 Å². The van der Waals surface area contributed by atoms with Gasteiger partial charge in [0.2, 0.25) is 0 Å². The predicted molar refractivity (Wildman–Crippen MR) is 28.6 cm³/mol. The molecule has 1 unspecified atom stereocenters. The molecule has 5 heteroatoms. The molecule has 52 valence electrons. The zero-order valence-corrected chi connectivity index (χ0v) is 5.48. The molecule has 0 radical (unpaired) electrons. The average molecular weight is 177 g/mol. The van der Waals surface area contributed by atoms with Crippen LogP contribution in [0.3, 0.4) is 0 Å². The standard InChI is InChI=1S/C4HCl2F3/c5-2-1-3(6,7)4(2,8)9/h1H. The van der Waals surface area contributed by atoms with E-state index >= 15 is 0 Å². The Morgan fingerprint density at radius 3 is 1.78 bits per heavy atom. The first-order valence-corrected chi connectivity index (χ1v) is 2.78. The van der Waals surface area contributed by atoms with Crippen LogP contribution in [0, 0.1) is 0 Å². The summed E-state index contributed by atoms with van der Waals surface area (Å²) in [5.74, 6) is -3.70. The van der Waals surface area contributed by atoms with Crippen molar-refractivity contribution in [2.45, 2.75) is 11.1 Å². The van der Waals surface area contributed by atoms with Crippen molar-refractivity contribution in [3.05, 3.63) is 11.1 Å². The van der Waals surface area contributed by atoms with Crippen LogP contribution in [-0.4, -0.2) is 11.1 Å². The van der Waals surface area contributed by atoms with E-state index in [0.717, 1.165) is 0 Å². The Labute approximate surface area is 59.2 Å². The van der Waals surface area contributed by atoms with Crippen molar-refractivity contribution in [2.75, 3.05) is 0 Å². The van der Waals surface area contributed by atoms with Gasteiger partial charge >= 0.3 is 5.92 Å². The van der Waals surface area contributed by atoms with Crippen molar-refractivity contribution >= 4 is 23.2 Å². The maximum absolute atomic E-state index is 12.1. The zero-order valence-electron chi connectivity index (χ0n) is 3.97. The van der Waals surface area contributed by atoms with Crippen LogP contribution < -0.4 is 0 Å². The van der Waals surface area contributed by atoms with Gasteiger partial charge in [-0.2, -0.15) is 8.78 Å². The van der Waals surface area contributed by atoms with Crippen molar-refractivity contribution in [1.82, 2.24) is 0 Å². The van der Waals surface area contributed by atoms with E-state index in [1.54, 1.807) is 0 Å². The van der Waals surface area contributed by atoms with Crippen molar-refractivity contribution in [2.24, 2.45) is 0 Å². The van der Waals surface area contributed by atoms with Crippen LogP contribution in [0.5, 0.6) is 0 Å². The maximum Gasteiger partial charge on any atom is 0.334 e. The Hall–Kier alpha value is 0.110. The van der Waals surface area contributed by atoms with Crippen LogP contribution in [0.15, 0.2) is 11.1 Å². The number of hydrogen-bond donors (Lipinski definition) is 0. The summed E-state index contributed by atoms with van der Waals surface area (Å²) in [6, 6.07) is 0. The normalized spacial score (nSPS) is 39.4. The van der Waals surface area contributed by atoms with Crippen LogP contribution >= 0.6 is 23.2 Å². The molecular weight excluding hydrogens is 176 g/mol. The summed E-state index contributed by atoms with van der Waals surface area (Å²) in [6.45, 7) is 0. The van der Waals surface area contributed by atoms with E-state index in [0.29, 0.717) is 6.08 Å². The highest BCUT2D eigenvalue weighted by Crippen LogP contribution is 2.52. The average Bonchev–Trinajstić information content (AvgIpc) is 1.65. The van der Waals surface area contributed by atoms with Crippen molar-refractivity contribution in [3.8, 4) is 0 Å². The lowest BCUT2D eigenvalue weighted by Gasteiger charge is -2.32. The maximum atomic E-state index is 12.1. The Morgan fingerprint density at radius 1 is 1.33 bits per heavy atom. The van der Waals surface area contributed by atoms with Crippen LogP contribution in [0.2, 0.25) is 0 Å². The summed E-state index contributed by atoms with van der Waals surface area (Å²) in [4.78, 5) is 0. The van der Waals surface area contributed by atoms with Gasteiger partial charge < -0.3 is 0 Å². The van der Waals surface area contributed by atoms with Gasteiger partial charge in [-0.3, -0.25) is 0 Å². The molecule has 0 spiro atoms. The molecule has 0 N–H and O–H groups in total. The SMILES string of the molecule is FC1(Cl)C=C(Cl)C1(F)F. The highest BCUT2D eigenvalue weighted by Gasteiger charge is 2.63. The summed E-state index contributed by atoms with van der Waals surface area (Å²) >= 11 is 9.43. The Balaban J connectivity index is 2.94. The second kappa shape index (κ2) is 1.58. The fourth-order valence-corrected chi connectivity index (χ4v) is 1.02. The second-order valence-electron chi connectivity index (χ2n) is 1.69. The predicted octanol–water partition coefficient (Wildman–Crippen LogP) is 2.66. The van der Waals surface area contributed by atoms with Crippen molar-refractivity contribution in [3.63, 3.8) is 0 Å². The van der Waals surface area contributed by atoms with Gasteiger partial charge in [-0.25, -0.2) is 4.39 Å². The Kier molecular flexibility index (Phi) is 1.27. The van der Waals surface area contributed by atoms with Gasteiger partial charge in [-0.15, -0.1) is 0 Å². The van der Waals surface area contributed by atoms with Gasteiger partial charge in [0.25, 0.3) is 5.13 Å². The third kappa shape index (κ3) is 0.749. The molecule has 0 bridgehead atoms. The topological polar surface area (TPSA) is 0 Å². The molecule has 0 aromatic heterocycles. The molecule has 1 atom stereocenters. The molecule has 0 aliphatic heterocycles. The van der Waals surface area contributed by atoms with Crippen LogP contribution in [0.1, 0.15) is 0 Å². The van der Waals surface area contributed by atoms with E-state index < -0.39 is 16.1 Å². The first-order chi connectivity index (χ1) is 3.88. The zero-order chi connectivity index (χ0) is 7.28. The van der Waals surface area contributed by atoms with E-state index in [1.165, 1.54) is 0 Å². The lowest BCUT2D eigenvalue weighted by molar-refractivity contribution is -0.0563. The number of hydrogen-bond acceptors (Lipinski definition) is 0. The Bertz CT molecular complexity index is 173. The van der Waals surface area contributed by atoms with Gasteiger partial charge in [0.1, 0.15) is 0 Å². The molecule has 1 aliphatic rings. The van der Waals surface area contributed by atoms with E-state index in [-0.39, 0.29) is 0 Å². The number of rotatable bonds is 0. The van der Waals surface area contributed by atoms with Crippen LogP contribution in [0.25, 0.3) is 0 Å². The molecule has 0 saturated carbocycles. The van der Waals surface area contributed by atoms with Gasteiger partial charge in [0, 0.05) is 0 Å². The first kappa shape index (κ1) is 7.22. The highest BCUT2D eigenvalue weighted by molar-refractivity contribution is 6.36. The van der Waals surface area contributed by atoms with Crippen molar-refractivity contribution in [1.29, 1.82) is 0 Å². The minimum atomic E-state index is -3.70. The minimum absolute atomic E-state index is 0.468. The summed E-state index contributed by atoms with van der Waals surface area (Å²) in [6.07, 6.45) is 0.468. The smallest absolute Gasteiger partial charge is 0.214 e. The molecule has 0 saturated heterocycles. The molecular formula is C4HCl2F3. The van der Waals surface area contributed by atoms with Gasteiger partial charge in [-0.05, 0) is 6.08 Å². The molecule has 0 aromatic rings. The molecule has 0 nitrogen and oxygen atoms in total. The molecule has 9 heavy (non-hydrogen) atoms. The highest BCUT2D eigenvalue weighted by atomic mass is 35.5. The first-order valence-electron chi connectivity index (χ1n) is 2.02. The third-order valence-electron chi connectivity index (χ3n) is 1.03. The molecule has 1 rings (SSSR count). The third-order valence-corrected chi connectivity index (χ3v) is 1.72. The monoisotopic (exact) mass is 176 g/mol. The fraction of sp³-hybridized carbons (Fsp3) is 0.500. The minimum Gasteiger partial charge on any atom is -0.214 e. The summed E-state index contributed by atoms with van der Waals surface area (Å²) < 4.78 is 36.1. The molecule has 0 fully saturated rings. The van der Waals surface area contributed by atoms with E-state index in [1.807, 2.05) is 0 Å². The quantitative estimate of drug-likeness (QED) is 0.499. The largest absolute Gasteiger partial charge is 0.334 e. The van der Waals surface area contributed by atoms with Crippen molar-refractivity contribution < 1.29 is 13.2 Å². The van der Waals surface area contributed by atoms with E-state index in [2.05, 4.69) is 11.6 Å². The number of alkyl halides is 4. The lowest BCUT2D eigenvalue weighted by atomic mass is 10.0. The number of halogens is 5. The van der Waals surface area contributed by atoms with Crippen LogP contribution in [0.4, 0.5) is 13.2 Å². The van der Waals surface area contributed by atoms with E-state index in [4.69, 9.17) is 11.6 Å². The lowest BCUT2D eigenvalue weighted by Crippen LogP contribution is -2.46. The van der Waals surface area contributed by atoms with Gasteiger partial charge in [0.05, 0.1) is 5.03 Å². The summed E-state index contributed by atoms with van der Waals surface area (Å²) in [7, 11) is 0. The Morgan fingerprint density at radius 2 is 1.78 bits per heavy atom.